The second-order valence-corrected chi connectivity index (χ2v) is 18.6. The number of ether oxygens (including phenoxy) is 5. The Bertz CT molecular complexity index is 1950. The van der Waals surface area contributed by atoms with Crippen LogP contribution in [0.25, 0.3) is 0 Å². The smallest absolute Gasteiger partial charge is 0.407 e. The maximum atomic E-state index is 14.1. The van der Waals surface area contributed by atoms with Crippen molar-refractivity contribution in [3.05, 3.63) is 84.4 Å². The van der Waals surface area contributed by atoms with Gasteiger partial charge in [-0.15, -0.1) is 0 Å². The molecule has 0 saturated carbocycles. The number of alkyl carbamates (subject to hydrolysis) is 1. The molecule has 324 valence electrons. The van der Waals surface area contributed by atoms with Crippen molar-refractivity contribution in [2.45, 2.75) is 82.5 Å². The van der Waals surface area contributed by atoms with Crippen LogP contribution < -0.4 is 19.9 Å². The van der Waals surface area contributed by atoms with Gasteiger partial charge in [-0.1, -0.05) is 51.1 Å². The average Bonchev–Trinajstić information content (AvgIpc) is 3.85. The lowest BCUT2D eigenvalue weighted by atomic mass is 10.0. The zero-order valence-electron chi connectivity index (χ0n) is 34.1. The predicted molar refractivity (Wildman–Crippen MR) is 219 cm³/mol. The second-order valence-electron chi connectivity index (χ2n) is 14.7. The molecule has 3 aromatic rings. The van der Waals surface area contributed by atoms with Crippen molar-refractivity contribution in [1.29, 1.82) is 0 Å². The molecule has 5 rings (SSSR count). The van der Waals surface area contributed by atoms with E-state index in [1.54, 1.807) is 80.6 Å². The number of aliphatic hydroxyl groups excluding tert-OH is 1. The molecule has 2 fully saturated rings. The predicted octanol–water partition coefficient (Wildman–Crippen LogP) is 5.80. The molecule has 16 nitrogen and oxygen atoms in total. The van der Waals surface area contributed by atoms with E-state index in [1.807, 2.05) is 13.8 Å². The van der Waals surface area contributed by atoms with Crippen molar-refractivity contribution in [3.8, 4) is 11.5 Å². The molecule has 7 atom stereocenters. The van der Waals surface area contributed by atoms with E-state index in [2.05, 4.69) is 10.6 Å². The summed E-state index contributed by atoms with van der Waals surface area (Å²) in [7, 11) is -6.58. The van der Waals surface area contributed by atoms with Crippen LogP contribution in [-0.4, -0.2) is 107 Å². The first-order valence-corrected chi connectivity index (χ1v) is 22.9. The zero-order chi connectivity index (χ0) is 42.6. The van der Waals surface area contributed by atoms with E-state index >= 15 is 0 Å². The molecule has 0 radical (unpaired) electrons. The first kappa shape index (κ1) is 45.9. The van der Waals surface area contributed by atoms with E-state index in [1.165, 1.54) is 23.5 Å². The number of nitrogens with zero attached hydrogens (tertiary/aromatic N) is 1. The van der Waals surface area contributed by atoms with Gasteiger partial charge < -0.3 is 43.9 Å². The minimum atomic E-state index is -4.07. The fourth-order valence-electron chi connectivity index (χ4n) is 6.71. The van der Waals surface area contributed by atoms with E-state index in [9.17, 15) is 27.7 Å². The third-order valence-corrected chi connectivity index (χ3v) is 13.2. The highest BCUT2D eigenvalue weighted by Gasteiger charge is 2.44. The maximum absolute atomic E-state index is 14.1. The lowest BCUT2D eigenvalue weighted by Gasteiger charge is -2.31. The number of methoxy groups -OCH3 is 1. The fourth-order valence-corrected chi connectivity index (χ4v) is 9.96. The molecule has 3 N–H and O–H groups in total. The standard InChI is InChI=1S/C41H56N3O13PS/c1-6-37(39(46)52-7-2)57-58(48,56-32-11-9-8-10-12-32)27-42-30-15-13-29(14-16-30)23-35(43-41(47)55-38-26-54-40-34(38)21-22-53-40)36(45)25-44(24-28(3)4)59(49,50)33-19-17-31(51-5)18-20-33/h8-20,28,34-38,40,42,45H,6-7,21-27H2,1-5H3,(H,43,47)/t34?,35-,36+,37+,38-,40+,58?/m0/s1. The number of aliphatic hydroxyl groups is 1. The number of benzene rings is 3. The Morgan fingerprint density at radius 1 is 0.966 bits per heavy atom. The Hall–Kier alpha value is -4.22. The Balaban J connectivity index is 1.33. The zero-order valence-corrected chi connectivity index (χ0v) is 35.8. The van der Waals surface area contributed by atoms with Gasteiger partial charge in [0.15, 0.2) is 12.4 Å². The summed E-state index contributed by atoms with van der Waals surface area (Å²) < 4.78 is 82.0. The van der Waals surface area contributed by atoms with E-state index in [4.69, 9.17) is 32.7 Å². The molecule has 59 heavy (non-hydrogen) atoms. The van der Waals surface area contributed by atoms with E-state index < -0.39 is 60.3 Å². The molecule has 0 aromatic heterocycles. The van der Waals surface area contributed by atoms with Gasteiger partial charge in [-0.05, 0) is 86.2 Å². The van der Waals surface area contributed by atoms with Crippen molar-refractivity contribution in [2.24, 2.45) is 11.8 Å². The number of fused-ring (bicyclic) bond motifs is 1. The fraction of sp³-hybridized carbons (Fsp3) is 0.512. The molecule has 0 bridgehead atoms. The maximum Gasteiger partial charge on any atom is 0.407 e. The molecule has 2 aliphatic heterocycles. The number of carbonyl (C=O) groups is 2. The van der Waals surface area contributed by atoms with Crippen LogP contribution in [0.3, 0.4) is 0 Å². The van der Waals surface area contributed by atoms with E-state index in [-0.39, 0.29) is 62.2 Å². The van der Waals surface area contributed by atoms with Crippen LogP contribution in [0.1, 0.15) is 46.1 Å². The summed E-state index contributed by atoms with van der Waals surface area (Å²) in [6.45, 7) is 7.69. The monoisotopic (exact) mass is 861 g/mol. The summed E-state index contributed by atoms with van der Waals surface area (Å²) in [5.41, 5.74) is 1.21. The molecule has 1 amide bonds. The number of carbonyl (C=O) groups excluding carboxylic acids is 2. The minimum absolute atomic E-state index is 0.0305. The summed E-state index contributed by atoms with van der Waals surface area (Å²) in [5.74, 6) is -0.0644. The molecule has 2 aliphatic rings. The van der Waals surface area contributed by atoms with Crippen molar-refractivity contribution in [1.82, 2.24) is 9.62 Å². The van der Waals surface area contributed by atoms with Crippen LogP contribution >= 0.6 is 7.60 Å². The first-order valence-electron chi connectivity index (χ1n) is 19.8. The molecule has 0 spiro atoms. The van der Waals surface area contributed by atoms with Gasteiger partial charge in [0.25, 0.3) is 0 Å². The highest BCUT2D eigenvalue weighted by Crippen LogP contribution is 2.49. The van der Waals surface area contributed by atoms with Crippen molar-refractivity contribution < 1.29 is 60.4 Å². The minimum Gasteiger partial charge on any atom is -0.497 e. The summed E-state index contributed by atoms with van der Waals surface area (Å²) in [6, 6.07) is 20.4. The number of nitrogens with one attached hydrogen (secondary N) is 2. The summed E-state index contributed by atoms with van der Waals surface area (Å²) in [6.07, 6.45) is -3.60. The SMILES string of the molecule is CCOC(=O)[C@@H](CC)OP(=O)(CNc1ccc(C[C@H](NC(=O)O[C@H]2CO[C@H]3OCCC32)[C@H](O)CN(CC(C)C)S(=O)(=O)c2ccc(OC)cc2)cc1)Oc1ccccc1. The van der Waals surface area contributed by atoms with Gasteiger partial charge in [0, 0.05) is 18.8 Å². The number of hydrogen-bond donors (Lipinski definition) is 3. The number of anilines is 1. The van der Waals surface area contributed by atoms with Gasteiger partial charge in [0.1, 0.15) is 23.9 Å². The average molecular weight is 862 g/mol. The Kier molecular flexibility index (Phi) is 16.6. The van der Waals surface area contributed by atoms with Crippen molar-refractivity contribution in [3.63, 3.8) is 0 Å². The molecule has 3 aromatic carbocycles. The molecule has 2 saturated heterocycles. The largest absolute Gasteiger partial charge is 0.497 e. The Labute approximate surface area is 346 Å². The normalized spacial score (nSPS) is 20.2. The number of esters is 1. The van der Waals surface area contributed by atoms with E-state index in [0.29, 0.717) is 35.8 Å². The number of sulfonamides is 1. The van der Waals surface area contributed by atoms with Crippen molar-refractivity contribution in [2.75, 3.05) is 51.6 Å². The van der Waals surface area contributed by atoms with Gasteiger partial charge >= 0.3 is 19.7 Å². The summed E-state index contributed by atoms with van der Waals surface area (Å²) in [4.78, 5) is 26.0. The van der Waals surface area contributed by atoms with Gasteiger partial charge in [-0.3, -0.25) is 4.52 Å². The van der Waals surface area contributed by atoms with Crippen LogP contribution in [0.5, 0.6) is 11.5 Å². The Morgan fingerprint density at radius 2 is 1.68 bits per heavy atom. The molecule has 18 heteroatoms. The van der Waals surface area contributed by atoms with Gasteiger partial charge in [-0.2, -0.15) is 4.31 Å². The molecular formula is C41H56N3O13PS. The molecule has 2 unspecified atom stereocenters. The molecular weight excluding hydrogens is 805 g/mol. The number of rotatable bonds is 22. The van der Waals surface area contributed by atoms with Gasteiger partial charge in [-0.25, -0.2) is 22.6 Å². The van der Waals surface area contributed by atoms with Crippen LogP contribution in [0.4, 0.5) is 10.5 Å². The quantitative estimate of drug-likeness (QED) is 0.0809. The third kappa shape index (κ3) is 12.9. The van der Waals surface area contributed by atoms with Gasteiger partial charge in [0.2, 0.25) is 10.0 Å². The van der Waals surface area contributed by atoms with Gasteiger partial charge in [0.05, 0.1) is 49.9 Å². The highest BCUT2D eigenvalue weighted by atomic mass is 32.2. The summed E-state index contributed by atoms with van der Waals surface area (Å²) >= 11 is 0. The summed E-state index contributed by atoms with van der Waals surface area (Å²) in [5, 5.41) is 17.6. The Morgan fingerprint density at radius 3 is 2.32 bits per heavy atom. The van der Waals surface area contributed by atoms with E-state index in [0.717, 1.165) is 0 Å². The lowest BCUT2D eigenvalue weighted by molar-refractivity contribution is -0.151. The third-order valence-electron chi connectivity index (χ3n) is 9.75. The number of amides is 1. The topological polar surface area (TPSA) is 197 Å². The second kappa shape index (κ2) is 21.3. The lowest BCUT2D eigenvalue weighted by Crippen LogP contribution is -2.51. The van der Waals surface area contributed by atoms with Crippen LogP contribution in [0, 0.1) is 11.8 Å². The first-order chi connectivity index (χ1) is 28.2. The van der Waals surface area contributed by atoms with Crippen LogP contribution in [0.15, 0.2) is 83.8 Å². The highest BCUT2D eigenvalue weighted by molar-refractivity contribution is 7.89. The van der Waals surface area contributed by atoms with Crippen molar-refractivity contribution >= 4 is 35.4 Å². The van der Waals surface area contributed by atoms with Crippen LogP contribution in [-0.2, 0) is 49.3 Å². The number of hydrogen-bond acceptors (Lipinski definition) is 14. The molecule has 0 aliphatic carbocycles. The van der Waals surface area contributed by atoms with Crippen LogP contribution in [0.2, 0.25) is 0 Å². The number of para-hydroxylation sites is 1. The molecule has 2 heterocycles.